The molecule has 0 N–H and O–H groups in total. The first-order valence-electron chi connectivity index (χ1n) is 7.19. The fourth-order valence-electron chi connectivity index (χ4n) is 3.35. The Balaban J connectivity index is 2.30. The molecule has 1 aliphatic heterocycles. The van der Waals surface area contributed by atoms with Crippen LogP contribution in [-0.4, -0.2) is 12.6 Å². The van der Waals surface area contributed by atoms with Crippen LogP contribution < -0.4 is 4.90 Å². The van der Waals surface area contributed by atoms with Gasteiger partial charge in [-0.15, -0.1) is 0 Å². The molecule has 1 heterocycles. The summed E-state index contributed by atoms with van der Waals surface area (Å²) in [6.07, 6.45) is 5.27. The Kier molecular flexibility index (Phi) is 4.09. The van der Waals surface area contributed by atoms with Crippen molar-refractivity contribution < 1.29 is 0 Å². The summed E-state index contributed by atoms with van der Waals surface area (Å²) >= 11 is 0. The molecule has 1 heteroatoms. The lowest BCUT2D eigenvalue weighted by atomic mass is 9.89. The summed E-state index contributed by atoms with van der Waals surface area (Å²) in [4.78, 5) is 2.61. The lowest BCUT2D eigenvalue weighted by Gasteiger charge is -2.28. The van der Waals surface area contributed by atoms with E-state index in [9.17, 15) is 0 Å². The molecule has 0 aromatic heterocycles. The molecule has 0 bridgehead atoms. The van der Waals surface area contributed by atoms with Gasteiger partial charge in [0.05, 0.1) is 0 Å². The van der Waals surface area contributed by atoms with Gasteiger partial charge in [-0.1, -0.05) is 44.9 Å². The van der Waals surface area contributed by atoms with E-state index < -0.39 is 0 Å². The topological polar surface area (TPSA) is 3.24 Å². The predicted octanol–water partition coefficient (Wildman–Crippen LogP) is 4.58. The van der Waals surface area contributed by atoms with Crippen molar-refractivity contribution in [3.8, 4) is 0 Å². The molecule has 2 rings (SSSR count). The molecule has 17 heavy (non-hydrogen) atoms. The summed E-state index contributed by atoms with van der Waals surface area (Å²) < 4.78 is 0. The van der Waals surface area contributed by atoms with E-state index in [4.69, 9.17) is 0 Å². The van der Waals surface area contributed by atoms with Crippen LogP contribution in [0.15, 0.2) is 24.3 Å². The average Bonchev–Trinajstić information content (AvgIpc) is 2.69. The Morgan fingerprint density at radius 1 is 1.12 bits per heavy atom. The third-order valence-corrected chi connectivity index (χ3v) is 4.14. The quantitative estimate of drug-likeness (QED) is 0.717. The zero-order chi connectivity index (χ0) is 12.3. The average molecular weight is 231 g/mol. The maximum atomic E-state index is 2.61. The Morgan fingerprint density at radius 2 is 1.88 bits per heavy atom. The van der Waals surface area contributed by atoms with Gasteiger partial charge in [0.25, 0.3) is 0 Å². The van der Waals surface area contributed by atoms with Crippen LogP contribution in [0.1, 0.15) is 57.9 Å². The Morgan fingerprint density at radius 3 is 2.53 bits per heavy atom. The number of para-hydroxylation sites is 1. The standard InChI is InChI=1S/C16H25N/c1-4-7-10-13-14-11-8-9-12-16(14)17(6-3)15(13)5-2/h8-9,11-13,15H,4-7,10H2,1-3H3. The van der Waals surface area contributed by atoms with Crippen LogP contribution in [0.2, 0.25) is 0 Å². The molecule has 0 aliphatic carbocycles. The largest absolute Gasteiger partial charge is 0.368 e. The third-order valence-electron chi connectivity index (χ3n) is 4.14. The summed E-state index contributed by atoms with van der Waals surface area (Å²) in [5.74, 6) is 0.760. The Bertz CT molecular complexity index is 358. The van der Waals surface area contributed by atoms with Crippen LogP contribution in [0.3, 0.4) is 0 Å². The van der Waals surface area contributed by atoms with Crippen molar-refractivity contribution in [3.63, 3.8) is 0 Å². The second-order valence-electron chi connectivity index (χ2n) is 5.07. The fourth-order valence-corrected chi connectivity index (χ4v) is 3.35. The molecular formula is C16H25N. The highest BCUT2D eigenvalue weighted by Gasteiger charge is 2.35. The molecule has 0 fully saturated rings. The minimum atomic E-state index is 0.726. The van der Waals surface area contributed by atoms with Crippen molar-refractivity contribution in [3.05, 3.63) is 29.8 Å². The zero-order valence-corrected chi connectivity index (χ0v) is 11.4. The molecule has 2 unspecified atom stereocenters. The molecule has 1 nitrogen and oxygen atoms in total. The minimum absolute atomic E-state index is 0.726. The summed E-state index contributed by atoms with van der Waals surface area (Å²) in [6.45, 7) is 8.04. The zero-order valence-electron chi connectivity index (χ0n) is 11.4. The molecule has 1 aliphatic rings. The number of rotatable bonds is 5. The fraction of sp³-hybridized carbons (Fsp3) is 0.625. The van der Waals surface area contributed by atoms with E-state index in [0.717, 1.165) is 18.5 Å². The van der Waals surface area contributed by atoms with E-state index in [1.807, 2.05) is 0 Å². The van der Waals surface area contributed by atoms with E-state index in [0.29, 0.717) is 0 Å². The minimum Gasteiger partial charge on any atom is -0.368 e. The Labute approximate surface area is 106 Å². The van der Waals surface area contributed by atoms with Gasteiger partial charge >= 0.3 is 0 Å². The number of fused-ring (bicyclic) bond motifs is 1. The molecule has 94 valence electrons. The molecule has 1 aromatic rings. The van der Waals surface area contributed by atoms with Crippen molar-refractivity contribution in [2.75, 3.05) is 11.4 Å². The molecule has 1 aromatic carbocycles. The van der Waals surface area contributed by atoms with Gasteiger partial charge in [-0.05, 0) is 31.4 Å². The molecule has 2 atom stereocenters. The number of hydrogen-bond acceptors (Lipinski definition) is 1. The SMILES string of the molecule is CCCCC1c2ccccc2N(CC)C1CC. The van der Waals surface area contributed by atoms with Gasteiger partial charge in [0.2, 0.25) is 0 Å². The lowest BCUT2D eigenvalue weighted by molar-refractivity contribution is 0.475. The van der Waals surface area contributed by atoms with Gasteiger partial charge < -0.3 is 4.90 Å². The van der Waals surface area contributed by atoms with E-state index in [1.165, 1.54) is 31.4 Å². The second-order valence-corrected chi connectivity index (χ2v) is 5.07. The van der Waals surface area contributed by atoms with Crippen LogP contribution in [0.4, 0.5) is 5.69 Å². The molecule has 0 spiro atoms. The van der Waals surface area contributed by atoms with Gasteiger partial charge in [-0.25, -0.2) is 0 Å². The van der Waals surface area contributed by atoms with Crippen molar-refractivity contribution in [1.82, 2.24) is 0 Å². The highest BCUT2D eigenvalue weighted by atomic mass is 15.2. The monoisotopic (exact) mass is 231 g/mol. The van der Waals surface area contributed by atoms with E-state index in [1.54, 1.807) is 5.56 Å². The summed E-state index contributed by atoms with van der Waals surface area (Å²) in [5.41, 5.74) is 3.08. The van der Waals surface area contributed by atoms with Crippen LogP contribution in [-0.2, 0) is 0 Å². The first kappa shape index (κ1) is 12.5. The molecule has 0 saturated carbocycles. The number of hydrogen-bond donors (Lipinski definition) is 0. The van der Waals surface area contributed by atoms with E-state index >= 15 is 0 Å². The van der Waals surface area contributed by atoms with Crippen molar-refractivity contribution in [2.45, 2.75) is 58.4 Å². The van der Waals surface area contributed by atoms with Gasteiger partial charge in [0.15, 0.2) is 0 Å². The maximum absolute atomic E-state index is 2.61. The van der Waals surface area contributed by atoms with Crippen molar-refractivity contribution >= 4 is 5.69 Å². The first-order valence-corrected chi connectivity index (χ1v) is 7.19. The smallest absolute Gasteiger partial charge is 0.0405 e. The third kappa shape index (κ3) is 2.20. The molecule has 0 saturated heterocycles. The van der Waals surface area contributed by atoms with Gasteiger partial charge in [-0.3, -0.25) is 0 Å². The molecular weight excluding hydrogens is 206 g/mol. The van der Waals surface area contributed by atoms with Gasteiger partial charge in [0, 0.05) is 24.2 Å². The van der Waals surface area contributed by atoms with Crippen LogP contribution in [0.25, 0.3) is 0 Å². The summed E-state index contributed by atoms with van der Waals surface area (Å²) in [6, 6.07) is 9.74. The van der Waals surface area contributed by atoms with Crippen LogP contribution >= 0.6 is 0 Å². The number of benzene rings is 1. The Hall–Kier alpha value is -0.980. The number of unbranched alkanes of at least 4 members (excludes halogenated alkanes) is 1. The van der Waals surface area contributed by atoms with Crippen LogP contribution in [0.5, 0.6) is 0 Å². The molecule has 0 radical (unpaired) electrons. The highest BCUT2D eigenvalue weighted by molar-refractivity contribution is 5.61. The first-order chi connectivity index (χ1) is 8.33. The summed E-state index contributed by atoms with van der Waals surface area (Å²) in [5, 5.41) is 0. The van der Waals surface area contributed by atoms with Crippen molar-refractivity contribution in [2.24, 2.45) is 0 Å². The second kappa shape index (κ2) is 5.57. The maximum Gasteiger partial charge on any atom is 0.0405 e. The molecule has 0 amide bonds. The predicted molar refractivity (Wildman–Crippen MR) is 75.8 cm³/mol. The summed E-state index contributed by atoms with van der Waals surface area (Å²) in [7, 11) is 0. The number of nitrogens with zero attached hydrogens (tertiary/aromatic N) is 1. The van der Waals surface area contributed by atoms with E-state index in [2.05, 4.69) is 49.9 Å². The van der Waals surface area contributed by atoms with Crippen molar-refractivity contribution in [1.29, 1.82) is 0 Å². The lowest BCUT2D eigenvalue weighted by Crippen LogP contribution is -2.33. The normalized spacial score (nSPS) is 22.9. The highest BCUT2D eigenvalue weighted by Crippen LogP contribution is 2.44. The number of likely N-dealkylation sites (N-methyl/N-ethyl adjacent to an activating group) is 1. The van der Waals surface area contributed by atoms with E-state index in [-0.39, 0.29) is 0 Å². The number of anilines is 1. The van der Waals surface area contributed by atoms with Gasteiger partial charge in [-0.2, -0.15) is 0 Å². The van der Waals surface area contributed by atoms with Gasteiger partial charge in [0.1, 0.15) is 0 Å². The van der Waals surface area contributed by atoms with Crippen LogP contribution in [0, 0.1) is 0 Å².